The molecule has 0 spiro atoms. The summed E-state index contributed by atoms with van der Waals surface area (Å²) in [6.45, 7) is 1.24. The second kappa shape index (κ2) is 8.03. The van der Waals surface area contributed by atoms with Crippen LogP contribution in [-0.4, -0.2) is 31.7 Å². The third-order valence-electron chi connectivity index (χ3n) is 5.25. The maximum absolute atomic E-state index is 12.6. The molecule has 1 aromatic heterocycles. The van der Waals surface area contributed by atoms with Gasteiger partial charge < -0.3 is 5.32 Å². The maximum Gasteiger partial charge on any atom is 0.252 e. The van der Waals surface area contributed by atoms with Gasteiger partial charge in [0.05, 0.1) is 0 Å². The topological polar surface area (TPSA) is 66.5 Å². The van der Waals surface area contributed by atoms with Crippen molar-refractivity contribution in [3.63, 3.8) is 0 Å². The molecule has 2 heterocycles. The van der Waals surface area contributed by atoms with Crippen LogP contribution in [0.15, 0.2) is 64.2 Å². The summed E-state index contributed by atoms with van der Waals surface area (Å²) in [7, 11) is -3.43. The van der Waals surface area contributed by atoms with Crippen LogP contribution in [0.3, 0.4) is 0 Å². The highest BCUT2D eigenvalue weighted by Crippen LogP contribution is 2.26. The number of piperidine rings is 1. The van der Waals surface area contributed by atoms with E-state index >= 15 is 0 Å². The Balaban J connectivity index is 1.36. The Morgan fingerprint density at radius 2 is 1.79 bits per heavy atom. The lowest BCUT2D eigenvalue weighted by Gasteiger charge is -2.30. The Morgan fingerprint density at radius 1 is 1.04 bits per heavy atom. The van der Waals surface area contributed by atoms with Crippen LogP contribution in [-0.2, 0) is 21.4 Å². The van der Waals surface area contributed by atoms with E-state index in [1.54, 1.807) is 17.5 Å². The normalized spacial score (nSPS) is 16.3. The fourth-order valence-corrected chi connectivity index (χ4v) is 6.28. The molecule has 1 saturated heterocycles. The van der Waals surface area contributed by atoms with Crippen molar-refractivity contribution in [1.82, 2.24) is 9.62 Å². The van der Waals surface area contributed by atoms with Gasteiger partial charge in [0.15, 0.2) is 0 Å². The van der Waals surface area contributed by atoms with Crippen LogP contribution in [0.25, 0.3) is 10.8 Å². The zero-order chi connectivity index (χ0) is 19.6. The molecule has 146 valence electrons. The molecule has 0 bridgehead atoms. The molecule has 1 N–H and O–H groups in total. The van der Waals surface area contributed by atoms with Crippen LogP contribution in [0.2, 0.25) is 0 Å². The highest BCUT2D eigenvalue weighted by molar-refractivity contribution is 7.91. The molecule has 0 aliphatic carbocycles. The molecule has 1 aliphatic heterocycles. The van der Waals surface area contributed by atoms with Crippen LogP contribution >= 0.6 is 11.3 Å². The molecule has 1 aliphatic rings. The van der Waals surface area contributed by atoms with E-state index in [0.29, 0.717) is 36.7 Å². The van der Waals surface area contributed by atoms with E-state index in [1.807, 2.05) is 24.3 Å². The molecule has 28 heavy (non-hydrogen) atoms. The zero-order valence-corrected chi connectivity index (χ0v) is 17.0. The lowest BCUT2D eigenvalue weighted by atomic mass is 9.97. The van der Waals surface area contributed by atoms with Crippen LogP contribution in [0.4, 0.5) is 0 Å². The van der Waals surface area contributed by atoms with E-state index < -0.39 is 10.0 Å². The molecule has 0 radical (unpaired) electrons. The number of rotatable bonds is 5. The van der Waals surface area contributed by atoms with Gasteiger partial charge in [-0.2, -0.15) is 4.31 Å². The van der Waals surface area contributed by atoms with Crippen molar-refractivity contribution >= 4 is 38.0 Å². The molecule has 2 aromatic carbocycles. The minimum absolute atomic E-state index is 0.00102. The molecule has 4 rings (SSSR count). The van der Waals surface area contributed by atoms with Gasteiger partial charge in [0.1, 0.15) is 4.21 Å². The van der Waals surface area contributed by atoms with Gasteiger partial charge in [0.25, 0.3) is 10.0 Å². The van der Waals surface area contributed by atoms with Crippen LogP contribution < -0.4 is 5.32 Å². The third kappa shape index (κ3) is 3.83. The third-order valence-corrected chi connectivity index (χ3v) is 8.52. The molecule has 0 saturated carbocycles. The van der Waals surface area contributed by atoms with E-state index in [0.717, 1.165) is 16.3 Å². The maximum atomic E-state index is 12.6. The smallest absolute Gasteiger partial charge is 0.252 e. The molecule has 5 nitrogen and oxygen atoms in total. The van der Waals surface area contributed by atoms with Crippen LogP contribution in [0, 0.1) is 5.92 Å². The predicted octanol–water partition coefficient (Wildman–Crippen LogP) is 3.62. The number of thiophene rings is 1. The number of carbonyl (C=O) groups is 1. The average molecular weight is 415 g/mol. The Morgan fingerprint density at radius 3 is 2.54 bits per heavy atom. The zero-order valence-electron chi connectivity index (χ0n) is 15.4. The highest BCUT2D eigenvalue weighted by atomic mass is 32.2. The number of hydrogen-bond acceptors (Lipinski definition) is 4. The van der Waals surface area contributed by atoms with Crippen molar-refractivity contribution in [3.05, 3.63) is 65.5 Å². The van der Waals surface area contributed by atoms with E-state index in [-0.39, 0.29) is 11.8 Å². The number of nitrogens with one attached hydrogen (secondary N) is 1. The van der Waals surface area contributed by atoms with Crippen molar-refractivity contribution < 1.29 is 13.2 Å². The van der Waals surface area contributed by atoms with E-state index in [9.17, 15) is 13.2 Å². The Labute approximate surface area is 169 Å². The molecule has 1 fully saturated rings. The molecule has 3 aromatic rings. The van der Waals surface area contributed by atoms with Crippen LogP contribution in [0.5, 0.6) is 0 Å². The van der Waals surface area contributed by atoms with Gasteiger partial charge in [0.2, 0.25) is 5.91 Å². The van der Waals surface area contributed by atoms with Crippen molar-refractivity contribution in [2.24, 2.45) is 5.92 Å². The summed E-state index contributed by atoms with van der Waals surface area (Å²) in [4.78, 5) is 12.6. The number of sulfonamides is 1. The number of amides is 1. The number of nitrogens with zero attached hydrogens (tertiary/aromatic N) is 1. The molecule has 1 amide bonds. The number of benzene rings is 2. The van der Waals surface area contributed by atoms with Crippen molar-refractivity contribution in [2.45, 2.75) is 23.6 Å². The average Bonchev–Trinajstić information content (AvgIpc) is 3.28. The molecule has 0 atom stereocenters. The minimum atomic E-state index is -3.43. The van der Waals surface area contributed by atoms with Crippen molar-refractivity contribution in [2.75, 3.05) is 13.1 Å². The lowest BCUT2D eigenvalue weighted by Crippen LogP contribution is -2.42. The number of hydrogen-bond donors (Lipinski definition) is 1. The number of carbonyl (C=O) groups excluding carboxylic acids is 1. The largest absolute Gasteiger partial charge is 0.352 e. The summed E-state index contributed by atoms with van der Waals surface area (Å²) >= 11 is 1.23. The summed E-state index contributed by atoms with van der Waals surface area (Å²) in [5.74, 6) is -0.147. The molecule has 7 heteroatoms. The summed E-state index contributed by atoms with van der Waals surface area (Å²) in [6, 6.07) is 17.6. The fraction of sp³-hybridized carbons (Fsp3) is 0.286. The molecular formula is C21H22N2O3S2. The summed E-state index contributed by atoms with van der Waals surface area (Å²) in [6.07, 6.45) is 1.10. The quantitative estimate of drug-likeness (QED) is 0.693. The van der Waals surface area contributed by atoms with E-state index in [1.165, 1.54) is 15.6 Å². The molecule has 0 unspecified atom stereocenters. The highest BCUT2D eigenvalue weighted by Gasteiger charge is 2.32. The van der Waals surface area contributed by atoms with Crippen LogP contribution in [0.1, 0.15) is 18.4 Å². The van der Waals surface area contributed by atoms with Gasteiger partial charge in [-0.3, -0.25) is 4.79 Å². The SMILES string of the molecule is O=C(NCc1cccc2ccccc12)C1CCN(S(=O)(=O)c2cccs2)CC1. The van der Waals surface area contributed by atoms with E-state index in [4.69, 9.17) is 0 Å². The van der Waals surface area contributed by atoms with Gasteiger partial charge in [-0.15, -0.1) is 11.3 Å². The minimum Gasteiger partial charge on any atom is -0.352 e. The van der Waals surface area contributed by atoms with Gasteiger partial charge in [-0.25, -0.2) is 8.42 Å². The second-order valence-corrected chi connectivity index (χ2v) is 10.1. The lowest BCUT2D eigenvalue weighted by molar-refractivity contribution is -0.126. The monoisotopic (exact) mass is 414 g/mol. The Kier molecular flexibility index (Phi) is 5.48. The summed E-state index contributed by atoms with van der Waals surface area (Å²) in [5, 5.41) is 7.10. The van der Waals surface area contributed by atoms with Gasteiger partial charge in [0, 0.05) is 25.6 Å². The van der Waals surface area contributed by atoms with Crippen molar-refractivity contribution in [1.29, 1.82) is 0 Å². The first-order valence-corrected chi connectivity index (χ1v) is 11.7. The fourth-order valence-electron chi connectivity index (χ4n) is 3.67. The molecular weight excluding hydrogens is 392 g/mol. The van der Waals surface area contributed by atoms with Gasteiger partial charge in [-0.05, 0) is 40.6 Å². The predicted molar refractivity (Wildman–Crippen MR) is 112 cm³/mol. The standard InChI is InChI=1S/C21H22N2O3S2/c24-21(22-15-18-7-3-6-16-5-1-2-8-19(16)18)17-10-12-23(13-11-17)28(25,26)20-9-4-14-27-20/h1-9,14,17H,10-13,15H2,(H,22,24). The first-order chi connectivity index (χ1) is 13.6. The Hall–Kier alpha value is -2.22. The Bertz CT molecular complexity index is 1060. The van der Waals surface area contributed by atoms with Crippen molar-refractivity contribution in [3.8, 4) is 0 Å². The second-order valence-electron chi connectivity index (χ2n) is 6.97. The summed E-state index contributed by atoms with van der Waals surface area (Å²) in [5.41, 5.74) is 1.09. The first-order valence-electron chi connectivity index (χ1n) is 9.34. The van der Waals surface area contributed by atoms with Gasteiger partial charge in [-0.1, -0.05) is 48.5 Å². The van der Waals surface area contributed by atoms with Gasteiger partial charge >= 0.3 is 0 Å². The number of fused-ring (bicyclic) bond motifs is 1. The van der Waals surface area contributed by atoms with E-state index in [2.05, 4.69) is 23.5 Å². The first kappa shape index (κ1) is 19.1. The summed E-state index contributed by atoms with van der Waals surface area (Å²) < 4.78 is 27.1.